The molecule has 1 aromatic carbocycles. The molecule has 0 aromatic heterocycles. The van der Waals surface area contributed by atoms with Crippen molar-refractivity contribution in [2.45, 2.75) is 12.8 Å². The average molecular weight is 468 g/mol. The molecular weight excluding hydrogens is 449 g/mol. The smallest absolute Gasteiger partial charge is 0.256 e. The number of carbonyl (C=O) groups excluding carboxylic acids is 2. The van der Waals surface area contributed by atoms with Gasteiger partial charge < -0.3 is 9.80 Å². The van der Waals surface area contributed by atoms with Crippen LogP contribution in [0.1, 0.15) is 23.2 Å². The van der Waals surface area contributed by atoms with Crippen molar-refractivity contribution in [1.82, 2.24) is 9.80 Å². The number of benzene rings is 1. The number of halogens is 2. The van der Waals surface area contributed by atoms with E-state index in [2.05, 4.69) is 4.40 Å². The van der Waals surface area contributed by atoms with Crippen molar-refractivity contribution < 1.29 is 18.0 Å². The van der Waals surface area contributed by atoms with E-state index in [9.17, 15) is 18.0 Å². The third-order valence-corrected chi connectivity index (χ3v) is 7.33. The number of hydrogen-bond acceptors (Lipinski definition) is 5. The highest BCUT2D eigenvalue weighted by Gasteiger charge is 2.31. The Kier molecular flexibility index (Phi) is 5.74. The van der Waals surface area contributed by atoms with Gasteiger partial charge in [0.15, 0.2) is 5.78 Å². The molecule has 0 saturated carbocycles. The summed E-state index contributed by atoms with van der Waals surface area (Å²) in [6.07, 6.45) is 5.91. The number of amides is 1. The molecule has 4 rings (SSSR count). The molecule has 1 fully saturated rings. The number of likely N-dealkylation sites (tertiary alicyclic amines) is 1. The van der Waals surface area contributed by atoms with E-state index in [0.29, 0.717) is 52.9 Å². The maximum atomic E-state index is 12.9. The molecule has 1 aromatic rings. The average Bonchev–Trinajstić information content (AvgIpc) is 2.74. The van der Waals surface area contributed by atoms with Gasteiger partial charge in [0, 0.05) is 37.3 Å². The first-order valence-electron chi connectivity index (χ1n) is 9.51. The lowest BCUT2D eigenvalue weighted by atomic mass is 9.88. The van der Waals surface area contributed by atoms with Crippen molar-refractivity contribution in [3.8, 4) is 0 Å². The molecule has 0 bridgehead atoms. The van der Waals surface area contributed by atoms with Crippen molar-refractivity contribution in [3.63, 3.8) is 0 Å². The quantitative estimate of drug-likeness (QED) is 0.637. The molecule has 3 heterocycles. The zero-order valence-corrected chi connectivity index (χ0v) is 18.3. The van der Waals surface area contributed by atoms with Gasteiger partial charge in [0.25, 0.3) is 15.9 Å². The topological polar surface area (TPSA) is 87.1 Å². The van der Waals surface area contributed by atoms with E-state index in [1.165, 1.54) is 0 Å². The number of fused-ring (bicyclic) bond motifs is 1. The summed E-state index contributed by atoms with van der Waals surface area (Å²) in [5, 5.41) is 0.751. The van der Waals surface area contributed by atoms with Crippen LogP contribution in [0, 0.1) is 5.92 Å². The van der Waals surface area contributed by atoms with Crippen molar-refractivity contribution in [2.75, 3.05) is 25.4 Å². The van der Waals surface area contributed by atoms with Gasteiger partial charge in [0.1, 0.15) is 5.84 Å². The van der Waals surface area contributed by atoms with Gasteiger partial charge >= 0.3 is 0 Å². The van der Waals surface area contributed by atoms with Crippen LogP contribution in [0.3, 0.4) is 0 Å². The fourth-order valence-electron chi connectivity index (χ4n) is 3.74. The summed E-state index contributed by atoms with van der Waals surface area (Å²) in [5.41, 5.74) is 1.00. The largest absolute Gasteiger partial charge is 0.339 e. The fraction of sp³-hybridized carbons (Fsp3) is 0.350. The number of nitrogens with zero attached hydrogens (tertiary/aromatic N) is 3. The summed E-state index contributed by atoms with van der Waals surface area (Å²) < 4.78 is 26.9. The van der Waals surface area contributed by atoms with Crippen LogP contribution in [0.25, 0.3) is 0 Å². The Bertz CT molecular complexity index is 1100. The predicted octanol–water partition coefficient (Wildman–Crippen LogP) is 2.91. The third-order valence-electron chi connectivity index (χ3n) is 5.43. The highest BCUT2D eigenvalue weighted by atomic mass is 35.5. The van der Waals surface area contributed by atoms with Crippen molar-refractivity contribution >= 4 is 50.8 Å². The van der Waals surface area contributed by atoms with Gasteiger partial charge in [-0.25, -0.2) is 8.42 Å². The highest BCUT2D eigenvalue weighted by Crippen LogP contribution is 2.28. The standard InChI is InChI=1S/C20H19Cl2N3O4S/c21-16-3-1-14(11-17(16)22)19(26)13-5-7-24(8-6-13)20(27)15-2-4-18-23-30(28,29)10-9-25(18)12-15/h1-4,11-13H,5-10H2. The van der Waals surface area contributed by atoms with Gasteiger partial charge in [-0.15, -0.1) is 4.40 Å². The maximum absolute atomic E-state index is 12.9. The molecule has 0 unspecified atom stereocenters. The molecule has 0 atom stereocenters. The number of rotatable bonds is 3. The van der Waals surface area contributed by atoms with E-state index in [1.807, 2.05) is 0 Å². The summed E-state index contributed by atoms with van der Waals surface area (Å²) in [6.45, 7) is 1.21. The lowest BCUT2D eigenvalue weighted by molar-refractivity contribution is -0.128. The minimum Gasteiger partial charge on any atom is -0.339 e. The first-order chi connectivity index (χ1) is 14.2. The molecule has 30 heavy (non-hydrogen) atoms. The molecule has 3 aliphatic heterocycles. The number of carbonyl (C=O) groups is 2. The van der Waals surface area contributed by atoms with E-state index in [4.69, 9.17) is 23.2 Å². The number of sulfonamides is 1. The Morgan fingerprint density at radius 1 is 1.03 bits per heavy atom. The van der Waals surface area contributed by atoms with Crippen LogP contribution >= 0.6 is 23.2 Å². The van der Waals surface area contributed by atoms with E-state index in [-0.39, 0.29) is 29.9 Å². The van der Waals surface area contributed by atoms with Gasteiger partial charge in [0.2, 0.25) is 0 Å². The van der Waals surface area contributed by atoms with Crippen LogP contribution < -0.4 is 0 Å². The van der Waals surface area contributed by atoms with Crippen molar-refractivity contribution in [3.05, 3.63) is 57.7 Å². The number of ketones is 1. The van der Waals surface area contributed by atoms with Gasteiger partial charge in [-0.1, -0.05) is 23.2 Å². The molecule has 7 nitrogen and oxygen atoms in total. The first-order valence-corrected chi connectivity index (χ1v) is 11.9. The van der Waals surface area contributed by atoms with E-state index in [1.54, 1.807) is 46.4 Å². The number of Topliss-reactive ketones (excluding diaryl/α,β-unsaturated/α-hetero) is 1. The first kappa shape index (κ1) is 21.1. The second-order valence-electron chi connectivity index (χ2n) is 7.41. The summed E-state index contributed by atoms with van der Waals surface area (Å²) in [4.78, 5) is 29.0. The predicted molar refractivity (Wildman–Crippen MR) is 115 cm³/mol. The zero-order valence-electron chi connectivity index (χ0n) is 15.9. The molecule has 1 saturated heterocycles. The van der Waals surface area contributed by atoms with E-state index < -0.39 is 10.0 Å². The van der Waals surface area contributed by atoms with Gasteiger partial charge in [0.05, 0.1) is 21.4 Å². The van der Waals surface area contributed by atoms with Crippen LogP contribution in [0.2, 0.25) is 10.0 Å². The van der Waals surface area contributed by atoms with E-state index in [0.717, 1.165) is 0 Å². The highest BCUT2D eigenvalue weighted by molar-refractivity contribution is 7.90. The molecule has 10 heteroatoms. The summed E-state index contributed by atoms with van der Waals surface area (Å²) in [6, 6.07) is 4.87. The summed E-state index contributed by atoms with van der Waals surface area (Å²) in [5.74, 6) is -0.0613. The molecule has 0 spiro atoms. The Morgan fingerprint density at radius 2 is 1.77 bits per heavy atom. The van der Waals surface area contributed by atoms with Gasteiger partial charge in [-0.05, 0) is 43.2 Å². The summed E-state index contributed by atoms with van der Waals surface area (Å²) in [7, 11) is -3.43. The minimum absolute atomic E-state index is 0.00724. The maximum Gasteiger partial charge on any atom is 0.256 e. The normalized spacial score (nSPS) is 21.0. The molecular formula is C20H19Cl2N3O4S. The van der Waals surface area contributed by atoms with Crippen molar-refractivity contribution in [1.29, 1.82) is 0 Å². The van der Waals surface area contributed by atoms with Crippen LogP contribution in [0.5, 0.6) is 0 Å². The van der Waals surface area contributed by atoms with Crippen LogP contribution in [-0.4, -0.2) is 61.1 Å². The second kappa shape index (κ2) is 8.17. The zero-order chi connectivity index (χ0) is 21.5. The Balaban J connectivity index is 1.39. The lowest BCUT2D eigenvalue weighted by Crippen LogP contribution is -2.42. The van der Waals surface area contributed by atoms with Gasteiger partial charge in [-0.3, -0.25) is 9.59 Å². The fourth-order valence-corrected chi connectivity index (χ4v) is 5.01. The Hall–Kier alpha value is -2.16. The van der Waals surface area contributed by atoms with Crippen molar-refractivity contribution in [2.24, 2.45) is 10.3 Å². The molecule has 1 amide bonds. The molecule has 3 aliphatic rings. The monoisotopic (exact) mass is 467 g/mol. The third kappa shape index (κ3) is 4.31. The number of hydrogen-bond donors (Lipinski definition) is 0. The Morgan fingerprint density at radius 3 is 2.47 bits per heavy atom. The second-order valence-corrected chi connectivity index (χ2v) is 9.98. The summed E-state index contributed by atoms with van der Waals surface area (Å²) >= 11 is 11.9. The molecule has 0 N–H and O–H groups in total. The van der Waals surface area contributed by atoms with Crippen LogP contribution in [0.4, 0.5) is 0 Å². The SMILES string of the molecule is O=C(c1ccc(Cl)c(Cl)c1)C1CCN(C(=O)C2=CN3CCS(=O)(=O)N=C3C=C2)CC1. The Labute approximate surface area is 184 Å². The minimum atomic E-state index is -3.43. The van der Waals surface area contributed by atoms with Crippen LogP contribution in [0.15, 0.2) is 46.5 Å². The number of piperidine rings is 1. The molecule has 0 radical (unpaired) electrons. The van der Waals surface area contributed by atoms with Crippen LogP contribution in [-0.2, 0) is 14.8 Å². The van der Waals surface area contributed by atoms with Gasteiger partial charge in [-0.2, -0.15) is 0 Å². The lowest BCUT2D eigenvalue weighted by Gasteiger charge is -2.33. The molecule has 0 aliphatic carbocycles. The molecule has 158 valence electrons. The van der Waals surface area contributed by atoms with E-state index >= 15 is 0 Å². The number of amidine groups is 1.